The molecule has 0 aliphatic heterocycles. The second-order valence-electron chi connectivity index (χ2n) is 5.34. The standard InChI is InChI=1S/C18H12F3N3O2/c19-18(20,21)15-4-2-1-3-14(15)17(26)23-12-5-6-16(22-11-12)24-9-7-13(25)8-10-24/h1-11H,(H,23,26). The minimum absolute atomic E-state index is 0.145. The van der Waals surface area contributed by atoms with Crippen molar-refractivity contribution >= 4 is 11.6 Å². The number of hydrogen-bond acceptors (Lipinski definition) is 3. The molecule has 5 nitrogen and oxygen atoms in total. The predicted octanol–water partition coefficient (Wildman–Crippen LogP) is 3.50. The van der Waals surface area contributed by atoms with Gasteiger partial charge in [-0.3, -0.25) is 9.59 Å². The number of hydrogen-bond donors (Lipinski definition) is 1. The second kappa shape index (κ2) is 6.83. The minimum atomic E-state index is -4.62. The topological polar surface area (TPSA) is 64.0 Å². The van der Waals surface area contributed by atoms with E-state index < -0.39 is 23.2 Å². The quantitative estimate of drug-likeness (QED) is 0.778. The first-order valence-corrected chi connectivity index (χ1v) is 7.47. The highest BCUT2D eigenvalue weighted by atomic mass is 19.4. The lowest BCUT2D eigenvalue weighted by atomic mass is 10.1. The van der Waals surface area contributed by atoms with Gasteiger partial charge >= 0.3 is 6.18 Å². The molecule has 0 fully saturated rings. The summed E-state index contributed by atoms with van der Waals surface area (Å²) in [6, 6.07) is 10.4. The van der Waals surface area contributed by atoms with Crippen LogP contribution in [0.5, 0.6) is 0 Å². The average molecular weight is 359 g/mol. The Labute approximate surface area is 145 Å². The van der Waals surface area contributed by atoms with E-state index in [9.17, 15) is 22.8 Å². The monoisotopic (exact) mass is 359 g/mol. The number of aromatic nitrogens is 2. The summed E-state index contributed by atoms with van der Waals surface area (Å²) in [6.07, 6.45) is -0.243. The van der Waals surface area contributed by atoms with Crippen molar-refractivity contribution < 1.29 is 18.0 Å². The number of alkyl halides is 3. The molecule has 8 heteroatoms. The molecule has 3 rings (SSSR count). The molecule has 1 amide bonds. The maximum Gasteiger partial charge on any atom is 0.417 e. The van der Waals surface area contributed by atoms with E-state index in [1.165, 1.54) is 48.9 Å². The molecule has 0 aliphatic carbocycles. The zero-order chi connectivity index (χ0) is 18.7. The third-order valence-electron chi connectivity index (χ3n) is 3.55. The first-order chi connectivity index (χ1) is 12.3. The van der Waals surface area contributed by atoms with Crippen LogP contribution in [-0.2, 0) is 6.18 Å². The number of anilines is 1. The van der Waals surface area contributed by atoms with E-state index in [1.54, 1.807) is 10.6 Å². The molecule has 2 aromatic heterocycles. The van der Waals surface area contributed by atoms with Gasteiger partial charge in [0.15, 0.2) is 5.43 Å². The Kier molecular flexibility index (Phi) is 4.57. The Bertz CT molecular complexity index is 975. The van der Waals surface area contributed by atoms with E-state index >= 15 is 0 Å². The molecule has 0 bridgehead atoms. The maximum atomic E-state index is 13.0. The lowest BCUT2D eigenvalue weighted by molar-refractivity contribution is -0.137. The number of carbonyl (C=O) groups is 1. The molecular formula is C18H12F3N3O2. The van der Waals surface area contributed by atoms with Gasteiger partial charge in [0.2, 0.25) is 0 Å². The molecule has 0 unspecified atom stereocenters. The first kappa shape index (κ1) is 17.4. The summed E-state index contributed by atoms with van der Waals surface area (Å²) in [4.78, 5) is 27.4. The van der Waals surface area contributed by atoms with Gasteiger partial charge in [0.1, 0.15) is 5.82 Å². The molecule has 0 saturated heterocycles. The van der Waals surface area contributed by atoms with Crippen molar-refractivity contribution in [1.29, 1.82) is 0 Å². The third-order valence-corrected chi connectivity index (χ3v) is 3.55. The van der Waals surface area contributed by atoms with E-state index in [2.05, 4.69) is 10.3 Å². The maximum absolute atomic E-state index is 13.0. The van der Waals surface area contributed by atoms with Crippen LogP contribution in [0, 0.1) is 0 Å². The van der Waals surface area contributed by atoms with E-state index in [4.69, 9.17) is 0 Å². The summed E-state index contributed by atoms with van der Waals surface area (Å²) >= 11 is 0. The van der Waals surface area contributed by atoms with Gasteiger partial charge in [0.25, 0.3) is 5.91 Å². The highest BCUT2D eigenvalue weighted by Crippen LogP contribution is 2.32. The molecule has 0 spiro atoms. The van der Waals surface area contributed by atoms with Gasteiger partial charge in [-0.2, -0.15) is 13.2 Å². The van der Waals surface area contributed by atoms with Crippen LogP contribution >= 0.6 is 0 Å². The molecule has 0 saturated carbocycles. The summed E-state index contributed by atoms with van der Waals surface area (Å²) in [5.74, 6) is -0.394. The van der Waals surface area contributed by atoms with Gasteiger partial charge in [-0.25, -0.2) is 4.98 Å². The summed E-state index contributed by atoms with van der Waals surface area (Å²) in [5.41, 5.74) is -1.37. The van der Waals surface area contributed by atoms with Crippen LogP contribution in [0.4, 0.5) is 18.9 Å². The van der Waals surface area contributed by atoms with Crippen LogP contribution in [0.3, 0.4) is 0 Å². The summed E-state index contributed by atoms with van der Waals surface area (Å²) in [5, 5.41) is 2.40. The van der Waals surface area contributed by atoms with Crippen LogP contribution in [0.15, 0.2) is 71.9 Å². The van der Waals surface area contributed by atoms with Gasteiger partial charge in [0, 0.05) is 24.5 Å². The number of amides is 1. The number of nitrogens with zero attached hydrogens (tertiary/aromatic N) is 2. The fourth-order valence-electron chi connectivity index (χ4n) is 2.30. The SMILES string of the molecule is O=C(Nc1ccc(-n2ccc(=O)cc2)nc1)c1ccccc1C(F)(F)F. The Morgan fingerprint density at radius 2 is 1.69 bits per heavy atom. The largest absolute Gasteiger partial charge is 0.417 e. The van der Waals surface area contributed by atoms with Crippen molar-refractivity contribution in [3.8, 4) is 5.82 Å². The van der Waals surface area contributed by atoms with Crippen LogP contribution in [0.1, 0.15) is 15.9 Å². The number of rotatable bonds is 3. The van der Waals surface area contributed by atoms with Gasteiger partial charge in [-0.05, 0) is 24.3 Å². The highest BCUT2D eigenvalue weighted by molar-refractivity contribution is 6.05. The molecule has 132 valence electrons. The average Bonchev–Trinajstić information content (AvgIpc) is 2.62. The molecular weight excluding hydrogens is 347 g/mol. The smallest absolute Gasteiger partial charge is 0.321 e. The van der Waals surface area contributed by atoms with E-state index in [0.717, 1.165) is 12.1 Å². The van der Waals surface area contributed by atoms with E-state index in [0.29, 0.717) is 5.82 Å². The van der Waals surface area contributed by atoms with E-state index in [1.807, 2.05) is 0 Å². The molecule has 0 atom stereocenters. The van der Waals surface area contributed by atoms with Gasteiger partial charge < -0.3 is 9.88 Å². The van der Waals surface area contributed by atoms with Crippen molar-refractivity contribution in [2.45, 2.75) is 6.18 Å². The molecule has 0 radical (unpaired) electrons. The van der Waals surface area contributed by atoms with Crippen LogP contribution in [0.2, 0.25) is 0 Å². The van der Waals surface area contributed by atoms with Gasteiger partial charge in [-0.1, -0.05) is 12.1 Å². The Morgan fingerprint density at radius 3 is 2.31 bits per heavy atom. The summed E-state index contributed by atoms with van der Waals surface area (Å²) < 4.78 is 40.6. The lowest BCUT2D eigenvalue weighted by Gasteiger charge is -2.13. The van der Waals surface area contributed by atoms with Crippen LogP contribution < -0.4 is 10.7 Å². The first-order valence-electron chi connectivity index (χ1n) is 7.47. The summed E-state index contributed by atoms with van der Waals surface area (Å²) in [7, 11) is 0. The lowest BCUT2D eigenvalue weighted by Crippen LogP contribution is -2.18. The van der Waals surface area contributed by atoms with Crippen molar-refractivity contribution in [3.05, 3.63) is 88.5 Å². The van der Waals surface area contributed by atoms with Gasteiger partial charge in [0.05, 0.1) is 23.0 Å². The Balaban J connectivity index is 1.81. The molecule has 26 heavy (non-hydrogen) atoms. The molecule has 0 aliphatic rings. The zero-order valence-electron chi connectivity index (χ0n) is 13.2. The Hall–Kier alpha value is -3.42. The van der Waals surface area contributed by atoms with E-state index in [-0.39, 0.29) is 11.1 Å². The van der Waals surface area contributed by atoms with Crippen molar-refractivity contribution in [1.82, 2.24) is 9.55 Å². The minimum Gasteiger partial charge on any atom is -0.321 e. The number of benzene rings is 1. The third kappa shape index (κ3) is 3.80. The molecule has 1 N–H and O–H groups in total. The van der Waals surface area contributed by atoms with Crippen molar-refractivity contribution in [2.75, 3.05) is 5.32 Å². The summed E-state index contributed by atoms with van der Waals surface area (Å²) in [6.45, 7) is 0. The number of pyridine rings is 2. The van der Waals surface area contributed by atoms with Crippen molar-refractivity contribution in [2.24, 2.45) is 0 Å². The van der Waals surface area contributed by atoms with Crippen LogP contribution in [-0.4, -0.2) is 15.5 Å². The molecule has 2 heterocycles. The molecule has 3 aromatic rings. The normalized spacial score (nSPS) is 11.2. The van der Waals surface area contributed by atoms with Crippen LogP contribution in [0.25, 0.3) is 5.82 Å². The number of nitrogens with one attached hydrogen (secondary N) is 1. The number of halogens is 3. The fourth-order valence-corrected chi connectivity index (χ4v) is 2.30. The number of carbonyl (C=O) groups excluding carboxylic acids is 1. The molecule has 1 aromatic carbocycles. The zero-order valence-corrected chi connectivity index (χ0v) is 13.2. The van der Waals surface area contributed by atoms with Gasteiger partial charge in [-0.15, -0.1) is 0 Å². The van der Waals surface area contributed by atoms with Crippen molar-refractivity contribution in [3.63, 3.8) is 0 Å². The fraction of sp³-hybridized carbons (Fsp3) is 0.0556. The second-order valence-corrected chi connectivity index (χ2v) is 5.34. The predicted molar refractivity (Wildman–Crippen MR) is 89.2 cm³/mol. The Morgan fingerprint density at radius 1 is 1.00 bits per heavy atom. The highest BCUT2D eigenvalue weighted by Gasteiger charge is 2.34.